The molecular weight excluding hydrogens is 244 g/mol. The summed E-state index contributed by atoms with van der Waals surface area (Å²) in [6.07, 6.45) is 5.08. The van der Waals surface area contributed by atoms with Gasteiger partial charge in [0, 0.05) is 12.1 Å². The van der Waals surface area contributed by atoms with Gasteiger partial charge in [-0.2, -0.15) is 9.61 Å². The summed E-state index contributed by atoms with van der Waals surface area (Å²) in [5.74, 6) is 0.296. The van der Waals surface area contributed by atoms with Gasteiger partial charge in [0.05, 0.1) is 5.56 Å². The highest BCUT2D eigenvalue weighted by Gasteiger charge is 2.16. The molecule has 0 aliphatic heterocycles. The molecule has 5 N–H and O–H groups in total. The van der Waals surface area contributed by atoms with Gasteiger partial charge in [0.1, 0.15) is 17.7 Å². The summed E-state index contributed by atoms with van der Waals surface area (Å²) in [6, 6.07) is 1.44. The molecule has 0 aliphatic carbocycles. The summed E-state index contributed by atoms with van der Waals surface area (Å²) in [5.41, 5.74) is 6.66. The van der Waals surface area contributed by atoms with Crippen molar-refractivity contribution in [2.75, 3.05) is 5.73 Å². The molecule has 100 valence electrons. The SMILES string of the molecule is C/C=C\C(C)NC(=N)c1cc(O)n2ncnc(N)c12. The van der Waals surface area contributed by atoms with Gasteiger partial charge in [-0.25, -0.2) is 4.98 Å². The van der Waals surface area contributed by atoms with Crippen molar-refractivity contribution < 1.29 is 5.11 Å². The Balaban J connectivity index is 2.43. The smallest absolute Gasteiger partial charge is 0.213 e. The van der Waals surface area contributed by atoms with Crippen LogP contribution in [0.5, 0.6) is 5.88 Å². The number of amidine groups is 1. The predicted molar refractivity (Wildman–Crippen MR) is 73.3 cm³/mol. The second-order valence-electron chi connectivity index (χ2n) is 4.16. The van der Waals surface area contributed by atoms with E-state index in [0.717, 1.165) is 0 Å². The van der Waals surface area contributed by atoms with Crippen LogP contribution in [0.2, 0.25) is 0 Å². The van der Waals surface area contributed by atoms with E-state index < -0.39 is 0 Å². The maximum atomic E-state index is 9.78. The average Bonchev–Trinajstić information content (AvgIpc) is 2.69. The maximum absolute atomic E-state index is 9.78. The summed E-state index contributed by atoms with van der Waals surface area (Å²) in [6.45, 7) is 3.83. The lowest BCUT2D eigenvalue weighted by atomic mass is 10.2. The Bertz CT molecular complexity index is 645. The summed E-state index contributed by atoms with van der Waals surface area (Å²) < 4.78 is 1.26. The third-order valence-electron chi connectivity index (χ3n) is 2.69. The van der Waals surface area contributed by atoms with Crippen LogP contribution in [0.1, 0.15) is 19.4 Å². The molecule has 0 spiro atoms. The van der Waals surface area contributed by atoms with Gasteiger partial charge < -0.3 is 16.2 Å². The summed E-state index contributed by atoms with van der Waals surface area (Å²) in [7, 11) is 0. The fourth-order valence-electron chi connectivity index (χ4n) is 1.88. The number of nitrogen functional groups attached to an aromatic ring is 1. The number of nitrogens with one attached hydrogen (secondary N) is 2. The van der Waals surface area contributed by atoms with Crippen LogP contribution >= 0.6 is 0 Å². The Morgan fingerprint density at radius 2 is 2.37 bits per heavy atom. The zero-order chi connectivity index (χ0) is 14.0. The van der Waals surface area contributed by atoms with Crippen LogP contribution in [0.15, 0.2) is 24.5 Å². The molecule has 19 heavy (non-hydrogen) atoms. The van der Waals surface area contributed by atoms with Gasteiger partial charge in [-0.05, 0) is 13.8 Å². The molecule has 0 saturated heterocycles. The molecule has 1 unspecified atom stereocenters. The first-order chi connectivity index (χ1) is 9.04. The lowest BCUT2D eigenvalue weighted by Gasteiger charge is -2.11. The molecule has 0 bridgehead atoms. The van der Waals surface area contributed by atoms with Crippen molar-refractivity contribution in [2.24, 2.45) is 0 Å². The van der Waals surface area contributed by atoms with Crippen LogP contribution in [0.3, 0.4) is 0 Å². The highest BCUT2D eigenvalue weighted by Crippen LogP contribution is 2.23. The number of nitrogens with two attached hydrogens (primary N) is 1. The minimum absolute atomic E-state index is 0.000415. The van der Waals surface area contributed by atoms with E-state index in [0.29, 0.717) is 11.1 Å². The van der Waals surface area contributed by atoms with Gasteiger partial charge in [-0.15, -0.1) is 0 Å². The average molecular weight is 260 g/mol. The number of nitrogens with zero attached hydrogens (tertiary/aromatic N) is 3. The van der Waals surface area contributed by atoms with Crippen LogP contribution in [0, 0.1) is 5.41 Å². The van der Waals surface area contributed by atoms with E-state index in [-0.39, 0.29) is 23.6 Å². The second-order valence-corrected chi connectivity index (χ2v) is 4.16. The topological polar surface area (TPSA) is 112 Å². The van der Waals surface area contributed by atoms with Gasteiger partial charge >= 0.3 is 0 Å². The van der Waals surface area contributed by atoms with E-state index in [1.165, 1.54) is 16.9 Å². The Hall–Kier alpha value is -2.57. The van der Waals surface area contributed by atoms with E-state index in [4.69, 9.17) is 11.1 Å². The number of fused-ring (bicyclic) bond motifs is 1. The van der Waals surface area contributed by atoms with Crippen LogP contribution < -0.4 is 11.1 Å². The fraction of sp³-hybridized carbons (Fsp3) is 0.250. The normalized spacial score (nSPS) is 12.9. The monoisotopic (exact) mass is 260 g/mol. The second kappa shape index (κ2) is 4.97. The molecule has 2 heterocycles. The number of allylic oxidation sites excluding steroid dienone is 1. The lowest BCUT2D eigenvalue weighted by molar-refractivity contribution is 0.438. The standard InChI is InChI=1S/C12H16N6O/c1-3-4-7(2)17-11(13)8-5-9(19)18-10(8)12(14)15-6-16-18/h3-7,19H,1-2H3,(H2,13,17)(H2,14,15,16)/b4-3-. The van der Waals surface area contributed by atoms with E-state index in [1.54, 1.807) is 0 Å². The molecule has 7 heteroatoms. The van der Waals surface area contributed by atoms with Crippen molar-refractivity contribution in [2.45, 2.75) is 19.9 Å². The van der Waals surface area contributed by atoms with E-state index in [2.05, 4.69) is 15.4 Å². The molecule has 7 nitrogen and oxygen atoms in total. The van der Waals surface area contributed by atoms with Gasteiger partial charge in [0.25, 0.3) is 0 Å². The molecule has 1 atom stereocenters. The molecule has 0 amide bonds. The van der Waals surface area contributed by atoms with Crippen molar-refractivity contribution in [3.8, 4) is 5.88 Å². The Morgan fingerprint density at radius 1 is 1.63 bits per heavy atom. The highest BCUT2D eigenvalue weighted by atomic mass is 16.3. The zero-order valence-electron chi connectivity index (χ0n) is 10.8. The van der Waals surface area contributed by atoms with Crippen molar-refractivity contribution in [3.63, 3.8) is 0 Å². The van der Waals surface area contributed by atoms with E-state index in [1.807, 2.05) is 26.0 Å². The lowest BCUT2D eigenvalue weighted by Crippen LogP contribution is -2.31. The van der Waals surface area contributed by atoms with Crippen molar-refractivity contribution in [3.05, 3.63) is 30.1 Å². The highest BCUT2D eigenvalue weighted by molar-refractivity contribution is 6.05. The van der Waals surface area contributed by atoms with Gasteiger partial charge in [0.15, 0.2) is 5.82 Å². The first-order valence-corrected chi connectivity index (χ1v) is 5.84. The number of aromatic hydroxyl groups is 1. The quantitative estimate of drug-likeness (QED) is 0.372. The third-order valence-corrected chi connectivity index (χ3v) is 2.69. The van der Waals surface area contributed by atoms with E-state index >= 15 is 0 Å². The van der Waals surface area contributed by atoms with E-state index in [9.17, 15) is 5.11 Å². The number of anilines is 1. The van der Waals surface area contributed by atoms with Crippen molar-refractivity contribution in [1.29, 1.82) is 5.41 Å². The molecule has 0 radical (unpaired) electrons. The Kier molecular flexibility index (Phi) is 3.37. The maximum Gasteiger partial charge on any atom is 0.213 e. The molecule has 0 fully saturated rings. The molecule has 2 rings (SSSR count). The molecule has 2 aromatic rings. The van der Waals surface area contributed by atoms with Crippen LogP contribution in [-0.4, -0.2) is 31.6 Å². The van der Waals surface area contributed by atoms with Gasteiger partial charge in [-0.1, -0.05) is 12.2 Å². The summed E-state index contributed by atoms with van der Waals surface area (Å²) in [4.78, 5) is 3.88. The summed E-state index contributed by atoms with van der Waals surface area (Å²) >= 11 is 0. The summed E-state index contributed by atoms with van der Waals surface area (Å²) in [5, 5.41) is 24.7. The van der Waals surface area contributed by atoms with Crippen LogP contribution in [-0.2, 0) is 0 Å². The first kappa shape index (κ1) is 12.9. The molecule has 0 saturated carbocycles. The Morgan fingerprint density at radius 3 is 3.05 bits per heavy atom. The fourth-order valence-corrected chi connectivity index (χ4v) is 1.88. The van der Waals surface area contributed by atoms with Crippen molar-refractivity contribution >= 4 is 17.2 Å². The van der Waals surface area contributed by atoms with Crippen LogP contribution in [0.4, 0.5) is 5.82 Å². The third kappa shape index (κ3) is 2.35. The van der Waals surface area contributed by atoms with Gasteiger partial charge in [0.2, 0.25) is 5.88 Å². The molecular formula is C12H16N6O. The minimum Gasteiger partial charge on any atom is -0.493 e. The predicted octanol–water partition coefficient (Wildman–Crippen LogP) is 0.897. The number of hydrogen-bond donors (Lipinski definition) is 4. The van der Waals surface area contributed by atoms with Crippen LogP contribution in [0.25, 0.3) is 5.52 Å². The molecule has 2 aromatic heterocycles. The Labute approximate surface area is 110 Å². The number of aromatic nitrogens is 3. The van der Waals surface area contributed by atoms with Crippen molar-refractivity contribution in [1.82, 2.24) is 19.9 Å². The molecule has 0 aromatic carbocycles. The zero-order valence-corrected chi connectivity index (χ0v) is 10.8. The minimum atomic E-state index is -0.0793. The largest absolute Gasteiger partial charge is 0.493 e. The first-order valence-electron chi connectivity index (χ1n) is 5.84. The molecule has 0 aliphatic rings. The number of hydrogen-bond acceptors (Lipinski definition) is 5. The van der Waals surface area contributed by atoms with Gasteiger partial charge in [-0.3, -0.25) is 5.41 Å². The number of rotatable bonds is 3.